The number of non-ortho nitro benzene ring substituents is 1. The number of rotatable bonds is 8. The smallest absolute Gasteiger partial charge is 0.269 e. The van der Waals surface area contributed by atoms with Crippen molar-refractivity contribution in [3.8, 4) is 0 Å². The molecule has 3 aromatic rings. The third kappa shape index (κ3) is 5.78. The Morgan fingerprint density at radius 3 is 2.38 bits per heavy atom. The van der Waals surface area contributed by atoms with E-state index in [-0.39, 0.29) is 30.6 Å². The first-order valence-corrected chi connectivity index (χ1v) is 10.9. The summed E-state index contributed by atoms with van der Waals surface area (Å²) in [5.41, 5.74) is 1.82. The lowest BCUT2D eigenvalue weighted by Gasteiger charge is -2.35. The molecule has 1 aliphatic rings. The van der Waals surface area contributed by atoms with Gasteiger partial charge in [-0.1, -0.05) is 12.1 Å². The Labute approximate surface area is 196 Å². The van der Waals surface area contributed by atoms with Crippen molar-refractivity contribution in [3.05, 3.63) is 88.4 Å². The first-order chi connectivity index (χ1) is 16.5. The molecular formula is C24H25N5O5. The van der Waals surface area contributed by atoms with Crippen LogP contribution < -0.4 is 15.5 Å². The molecule has 1 aliphatic heterocycles. The van der Waals surface area contributed by atoms with Gasteiger partial charge in [0.15, 0.2) is 0 Å². The van der Waals surface area contributed by atoms with E-state index in [1.165, 1.54) is 12.1 Å². The van der Waals surface area contributed by atoms with Crippen LogP contribution in [0.15, 0.2) is 71.3 Å². The third-order valence-electron chi connectivity index (χ3n) is 5.61. The molecule has 2 amide bonds. The molecule has 2 N–H and O–H groups in total. The number of amides is 2. The molecule has 0 unspecified atom stereocenters. The number of piperazine rings is 1. The number of benzene rings is 2. The number of nitrogens with one attached hydrogen (secondary N) is 2. The SMILES string of the molecule is O=C(CN1CCN(c2ccc([N+](=O)[O-])cc2)CC1)Nc1ccccc1C(=O)NCc1ccco1. The van der Waals surface area contributed by atoms with Gasteiger partial charge in [0.05, 0.1) is 35.5 Å². The fraction of sp³-hybridized carbons (Fsp3) is 0.250. The van der Waals surface area contributed by atoms with Gasteiger partial charge < -0.3 is 20.0 Å². The second kappa shape index (κ2) is 10.6. The number of nitrogens with zero attached hydrogens (tertiary/aromatic N) is 3. The molecule has 0 radical (unpaired) electrons. The zero-order valence-corrected chi connectivity index (χ0v) is 18.5. The van der Waals surface area contributed by atoms with Crippen molar-refractivity contribution in [1.29, 1.82) is 0 Å². The van der Waals surface area contributed by atoms with Crippen LogP contribution in [0.5, 0.6) is 0 Å². The van der Waals surface area contributed by atoms with Crippen LogP contribution in [0.2, 0.25) is 0 Å². The molecule has 1 fully saturated rings. The van der Waals surface area contributed by atoms with Crippen molar-refractivity contribution in [2.75, 3.05) is 42.9 Å². The minimum atomic E-state index is -0.415. The molecule has 0 aliphatic carbocycles. The summed E-state index contributed by atoms with van der Waals surface area (Å²) in [6.07, 6.45) is 1.54. The Balaban J connectivity index is 1.28. The highest BCUT2D eigenvalue weighted by Crippen LogP contribution is 2.21. The molecule has 4 rings (SSSR count). The van der Waals surface area contributed by atoms with E-state index in [2.05, 4.69) is 15.5 Å². The molecule has 176 valence electrons. The zero-order valence-electron chi connectivity index (χ0n) is 18.5. The van der Waals surface area contributed by atoms with Gasteiger partial charge in [-0.05, 0) is 36.4 Å². The number of furan rings is 1. The van der Waals surface area contributed by atoms with Gasteiger partial charge in [-0.15, -0.1) is 0 Å². The van der Waals surface area contributed by atoms with Crippen LogP contribution in [-0.4, -0.2) is 54.4 Å². The van der Waals surface area contributed by atoms with E-state index in [1.807, 2.05) is 4.90 Å². The van der Waals surface area contributed by atoms with Crippen LogP contribution in [0.4, 0.5) is 17.1 Å². The lowest BCUT2D eigenvalue weighted by molar-refractivity contribution is -0.384. The zero-order chi connectivity index (χ0) is 23.9. The largest absolute Gasteiger partial charge is 0.467 e. The highest BCUT2D eigenvalue weighted by atomic mass is 16.6. The summed E-state index contributed by atoms with van der Waals surface area (Å²) < 4.78 is 5.23. The van der Waals surface area contributed by atoms with Crippen LogP contribution in [0.1, 0.15) is 16.1 Å². The lowest BCUT2D eigenvalue weighted by Crippen LogP contribution is -2.48. The Morgan fingerprint density at radius 1 is 0.971 bits per heavy atom. The van der Waals surface area contributed by atoms with Gasteiger partial charge in [0.2, 0.25) is 5.91 Å². The number of anilines is 2. The fourth-order valence-electron chi connectivity index (χ4n) is 3.81. The number of hydrogen-bond donors (Lipinski definition) is 2. The van der Waals surface area contributed by atoms with Crippen molar-refractivity contribution in [1.82, 2.24) is 10.2 Å². The van der Waals surface area contributed by atoms with Crippen molar-refractivity contribution in [2.45, 2.75) is 6.54 Å². The molecule has 0 saturated carbocycles. The third-order valence-corrected chi connectivity index (χ3v) is 5.61. The molecule has 2 aromatic carbocycles. The summed E-state index contributed by atoms with van der Waals surface area (Å²) >= 11 is 0. The van der Waals surface area contributed by atoms with Crippen LogP contribution >= 0.6 is 0 Å². The quantitative estimate of drug-likeness (QED) is 0.389. The summed E-state index contributed by atoms with van der Waals surface area (Å²) in [6, 6.07) is 16.9. The predicted octanol–water partition coefficient (Wildman–Crippen LogP) is 2.88. The van der Waals surface area contributed by atoms with Gasteiger partial charge in [-0.2, -0.15) is 0 Å². The molecule has 0 atom stereocenters. The number of nitro groups is 1. The molecule has 10 heteroatoms. The maximum absolute atomic E-state index is 12.7. The lowest BCUT2D eigenvalue weighted by atomic mass is 10.1. The molecular weight excluding hydrogens is 438 g/mol. The minimum Gasteiger partial charge on any atom is -0.467 e. The average molecular weight is 463 g/mol. The molecule has 0 spiro atoms. The highest BCUT2D eigenvalue weighted by Gasteiger charge is 2.21. The Bertz CT molecular complexity index is 1140. The Hall–Kier alpha value is -4.18. The molecule has 0 bridgehead atoms. The van der Waals surface area contributed by atoms with Crippen LogP contribution in [0.25, 0.3) is 0 Å². The molecule has 34 heavy (non-hydrogen) atoms. The average Bonchev–Trinajstić information content (AvgIpc) is 3.37. The van der Waals surface area contributed by atoms with Crippen LogP contribution in [-0.2, 0) is 11.3 Å². The van der Waals surface area contributed by atoms with E-state index in [1.54, 1.807) is 54.8 Å². The monoisotopic (exact) mass is 463 g/mol. The molecule has 2 heterocycles. The van der Waals surface area contributed by atoms with Gasteiger partial charge in [-0.25, -0.2) is 0 Å². The second-order valence-corrected chi connectivity index (χ2v) is 7.89. The molecule has 1 aromatic heterocycles. The van der Waals surface area contributed by atoms with Crippen molar-refractivity contribution >= 4 is 28.9 Å². The van der Waals surface area contributed by atoms with Crippen molar-refractivity contribution in [2.24, 2.45) is 0 Å². The van der Waals surface area contributed by atoms with Crippen LogP contribution in [0.3, 0.4) is 0 Å². The van der Waals surface area contributed by atoms with E-state index >= 15 is 0 Å². The summed E-state index contributed by atoms with van der Waals surface area (Å²) in [6.45, 7) is 3.22. The first kappa shape index (κ1) is 23.0. The number of carbonyl (C=O) groups is 2. The summed E-state index contributed by atoms with van der Waals surface area (Å²) in [4.78, 5) is 39.9. The number of carbonyl (C=O) groups excluding carboxylic acids is 2. The highest BCUT2D eigenvalue weighted by molar-refractivity contribution is 6.04. The van der Waals surface area contributed by atoms with E-state index in [0.29, 0.717) is 43.2 Å². The first-order valence-electron chi connectivity index (χ1n) is 10.9. The van der Waals surface area contributed by atoms with Gasteiger partial charge in [0.1, 0.15) is 5.76 Å². The van der Waals surface area contributed by atoms with Crippen LogP contribution in [0, 0.1) is 10.1 Å². The second-order valence-electron chi connectivity index (χ2n) is 7.89. The number of nitro benzene ring substituents is 1. The van der Waals surface area contributed by atoms with E-state index in [0.717, 1.165) is 5.69 Å². The van der Waals surface area contributed by atoms with Gasteiger partial charge in [0.25, 0.3) is 11.6 Å². The molecule has 10 nitrogen and oxygen atoms in total. The number of hydrogen-bond acceptors (Lipinski definition) is 7. The minimum absolute atomic E-state index is 0.0639. The summed E-state index contributed by atoms with van der Waals surface area (Å²) in [5.74, 6) is 0.141. The van der Waals surface area contributed by atoms with E-state index < -0.39 is 4.92 Å². The van der Waals surface area contributed by atoms with Crippen molar-refractivity contribution < 1.29 is 18.9 Å². The maximum atomic E-state index is 12.7. The molecule has 1 saturated heterocycles. The summed E-state index contributed by atoms with van der Waals surface area (Å²) in [7, 11) is 0. The predicted molar refractivity (Wildman–Crippen MR) is 127 cm³/mol. The van der Waals surface area contributed by atoms with E-state index in [4.69, 9.17) is 4.42 Å². The number of para-hydroxylation sites is 1. The standard InChI is InChI=1S/C24H25N5O5/c30-23(17-27-11-13-28(14-12-27)18-7-9-19(10-8-18)29(32)33)26-22-6-2-1-5-21(22)24(31)25-16-20-4-3-15-34-20/h1-10,15H,11-14,16-17H2,(H,25,31)(H,26,30). The normalized spacial score (nSPS) is 13.9. The van der Waals surface area contributed by atoms with Gasteiger partial charge >= 0.3 is 0 Å². The summed E-state index contributed by atoms with van der Waals surface area (Å²) in [5, 5.41) is 16.5. The topological polar surface area (TPSA) is 121 Å². The maximum Gasteiger partial charge on any atom is 0.269 e. The van der Waals surface area contributed by atoms with E-state index in [9.17, 15) is 19.7 Å². The fourth-order valence-corrected chi connectivity index (χ4v) is 3.81. The Morgan fingerprint density at radius 2 is 1.71 bits per heavy atom. The van der Waals surface area contributed by atoms with Gasteiger partial charge in [-0.3, -0.25) is 24.6 Å². The van der Waals surface area contributed by atoms with Gasteiger partial charge in [0, 0.05) is 44.0 Å². The van der Waals surface area contributed by atoms with Crippen molar-refractivity contribution in [3.63, 3.8) is 0 Å². The Kier molecular flexibility index (Phi) is 7.19.